The van der Waals surface area contributed by atoms with Gasteiger partial charge < -0.3 is 10.2 Å². The summed E-state index contributed by atoms with van der Waals surface area (Å²) in [6.07, 6.45) is 0. The minimum absolute atomic E-state index is 0.126. The minimum atomic E-state index is -0.180. The second kappa shape index (κ2) is 8.88. The zero-order valence-corrected chi connectivity index (χ0v) is 15.3. The average molecular weight is 351 g/mol. The van der Waals surface area contributed by atoms with E-state index in [4.69, 9.17) is 0 Å². The number of nitrogens with one attached hydrogen (secondary N) is 1. The topological polar surface area (TPSA) is 58.1 Å². The van der Waals surface area contributed by atoms with Gasteiger partial charge in [0.15, 0.2) is 4.34 Å². The molecule has 5 nitrogen and oxygen atoms in total. The van der Waals surface area contributed by atoms with Gasteiger partial charge in [0, 0.05) is 19.6 Å². The van der Waals surface area contributed by atoms with Gasteiger partial charge in [-0.1, -0.05) is 53.4 Å². The van der Waals surface area contributed by atoms with E-state index < -0.39 is 0 Å². The zero-order valence-electron chi connectivity index (χ0n) is 13.7. The lowest BCUT2D eigenvalue weighted by Crippen LogP contribution is -2.35. The molecule has 1 aromatic carbocycles. The smallest absolute Gasteiger partial charge is 0.236 e. The molecule has 0 aliphatic rings. The van der Waals surface area contributed by atoms with Crippen LogP contribution in [0.4, 0.5) is 5.13 Å². The van der Waals surface area contributed by atoms with E-state index in [0.29, 0.717) is 13.1 Å². The van der Waals surface area contributed by atoms with Gasteiger partial charge >= 0.3 is 0 Å². The number of hydrogen-bond donors (Lipinski definition) is 1. The Labute approximate surface area is 145 Å². The van der Waals surface area contributed by atoms with E-state index in [1.54, 1.807) is 0 Å². The highest BCUT2D eigenvalue weighted by Gasteiger charge is 2.22. The van der Waals surface area contributed by atoms with E-state index in [2.05, 4.69) is 15.5 Å². The number of carbonyl (C=O) groups is 1. The van der Waals surface area contributed by atoms with E-state index >= 15 is 0 Å². The molecule has 124 valence electrons. The summed E-state index contributed by atoms with van der Waals surface area (Å²) in [5.74, 6) is 0.126. The van der Waals surface area contributed by atoms with E-state index in [9.17, 15) is 4.79 Å². The highest BCUT2D eigenvalue weighted by molar-refractivity contribution is 8.02. The van der Waals surface area contributed by atoms with E-state index in [1.165, 1.54) is 23.1 Å². The maximum atomic E-state index is 12.7. The first-order valence-corrected chi connectivity index (χ1v) is 9.40. The molecule has 2 aromatic rings. The van der Waals surface area contributed by atoms with Gasteiger partial charge in [-0.05, 0) is 26.3 Å². The molecular formula is C16H22N4OS2. The van der Waals surface area contributed by atoms with Crippen molar-refractivity contribution in [2.75, 3.05) is 18.4 Å². The monoisotopic (exact) mass is 350 g/mol. The van der Waals surface area contributed by atoms with Crippen LogP contribution in [-0.4, -0.2) is 39.3 Å². The maximum absolute atomic E-state index is 12.7. The van der Waals surface area contributed by atoms with Gasteiger partial charge in [-0.15, -0.1) is 10.2 Å². The van der Waals surface area contributed by atoms with Gasteiger partial charge in [-0.3, -0.25) is 4.79 Å². The van der Waals surface area contributed by atoms with Crippen LogP contribution in [-0.2, 0) is 11.3 Å². The van der Waals surface area contributed by atoms with Gasteiger partial charge in [0.25, 0.3) is 0 Å². The summed E-state index contributed by atoms with van der Waals surface area (Å²) in [4.78, 5) is 14.5. The van der Waals surface area contributed by atoms with Crippen molar-refractivity contribution in [2.24, 2.45) is 0 Å². The first-order chi connectivity index (χ1) is 11.1. The lowest BCUT2D eigenvalue weighted by atomic mass is 10.2. The van der Waals surface area contributed by atoms with Crippen LogP contribution >= 0.6 is 23.1 Å². The molecule has 1 aromatic heterocycles. The molecule has 23 heavy (non-hydrogen) atoms. The van der Waals surface area contributed by atoms with Crippen molar-refractivity contribution in [1.82, 2.24) is 15.1 Å². The second-order valence-corrected chi connectivity index (χ2v) is 7.57. The largest absolute Gasteiger partial charge is 0.360 e. The molecule has 2 rings (SSSR count). The van der Waals surface area contributed by atoms with Crippen LogP contribution in [0.2, 0.25) is 0 Å². The van der Waals surface area contributed by atoms with E-state index in [-0.39, 0.29) is 11.2 Å². The van der Waals surface area contributed by atoms with Crippen molar-refractivity contribution in [3.8, 4) is 0 Å². The number of benzene rings is 1. The molecule has 0 spiro atoms. The summed E-state index contributed by atoms with van der Waals surface area (Å²) < 4.78 is 0.817. The molecule has 1 unspecified atom stereocenters. The van der Waals surface area contributed by atoms with E-state index in [1.807, 2.05) is 56.0 Å². The van der Waals surface area contributed by atoms with Crippen LogP contribution in [0.3, 0.4) is 0 Å². The predicted octanol–water partition coefficient (Wildman–Crippen LogP) is 3.50. The fourth-order valence-corrected chi connectivity index (χ4v) is 4.14. The number of aromatic nitrogens is 2. The lowest BCUT2D eigenvalue weighted by Gasteiger charge is -2.23. The fraction of sp³-hybridized carbons (Fsp3) is 0.438. The number of rotatable bonds is 8. The molecule has 0 radical (unpaired) electrons. The SMILES string of the molecule is CCNc1nnc(SC(C)C(=O)N(CC)Cc2ccccc2)s1. The normalized spacial score (nSPS) is 12.0. The summed E-state index contributed by atoms with van der Waals surface area (Å²) in [6, 6.07) is 10.1. The molecule has 0 fully saturated rings. The molecule has 0 aliphatic carbocycles. The van der Waals surface area contributed by atoms with Gasteiger partial charge in [-0.25, -0.2) is 0 Å². The quantitative estimate of drug-likeness (QED) is 0.739. The first-order valence-electron chi connectivity index (χ1n) is 7.70. The molecule has 1 N–H and O–H groups in total. The Morgan fingerprint density at radius 1 is 1.30 bits per heavy atom. The fourth-order valence-electron chi connectivity index (χ4n) is 2.09. The van der Waals surface area contributed by atoms with Crippen molar-refractivity contribution in [3.05, 3.63) is 35.9 Å². The lowest BCUT2D eigenvalue weighted by molar-refractivity contribution is -0.130. The molecule has 1 heterocycles. The van der Waals surface area contributed by atoms with Crippen LogP contribution in [0.15, 0.2) is 34.7 Å². The van der Waals surface area contributed by atoms with Crippen molar-refractivity contribution in [3.63, 3.8) is 0 Å². The summed E-state index contributed by atoms with van der Waals surface area (Å²) in [5.41, 5.74) is 1.14. The van der Waals surface area contributed by atoms with Gasteiger partial charge in [-0.2, -0.15) is 0 Å². The number of hydrogen-bond acceptors (Lipinski definition) is 6. The summed E-state index contributed by atoms with van der Waals surface area (Å²) in [7, 11) is 0. The Morgan fingerprint density at radius 2 is 2.04 bits per heavy atom. The molecular weight excluding hydrogens is 328 g/mol. The number of carbonyl (C=O) groups excluding carboxylic acids is 1. The average Bonchev–Trinajstić information content (AvgIpc) is 3.00. The van der Waals surface area contributed by atoms with Crippen molar-refractivity contribution in [2.45, 2.75) is 36.9 Å². The molecule has 1 atom stereocenters. The second-order valence-electron chi connectivity index (χ2n) is 5.00. The highest BCUT2D eigenvalue weighted by atomic mass is 32.2. The molecule has 0 saturated heterocycles. The standard InChI is InChI=1S/C16H22N4OS2/c1-4-17-15-18-19-16(23-15)22-12(3)14(21)20(5-2)11-13-9-7-6-8-10-13/h6-10,12H,4-5,11H2,1-3H3,(H,17,18). The van der Waals surface area contributed by atoms with Crippen LogP contribution in [0.5, 0.6) is 0 Å². The molecule has 7 heteroatoms. The molecule has 1 amide bonds. The van der Waals surface area contributed by atoms with Crippen LogP contribution in [0, 0.1) is 0 Å². The molecule has 0 aliphatic heterocycles. The summed E-state index contributed by atoms with van der Waals surface area (Å²) >= 11 is 2.95. The van der Waals surface area contributed by atoms with E-state index in [0.717, 1.165) is 21.6 Å². The number of amides is 1. The maximum Gasteiger partial charge on any atom is 0.236 e. The zero-order chi connectivity index (χ0) is 16.7. The van der Waals surface area contributed by atoms with Crippen molar-refractivity contribution < 1.29 is 4.79 Å². The third-order valence-corrected chi connectivity index (χ3v) is 5.32. The Balaban J connectivity index is 1.96. The van der Waals surface area contributed by atoms with Crippen molar-refractivity contribution >= 4 is 34.1 Å². The number of thioether (sulfide) groups is 1. The Morgan fingerprint density at radius 3 is 2.70 bits per heavy atom. The Kier molecular flexibility index (Phi) is 6.85. The van der Waals surface area contributed by atoms with Gasteiger partial charge in [0.2, 0.25) is 11.0 Å². The van der Waals surface area contributed by atoms with Gasteiger partial charge in [0.05, 0.1) is 5.25 Å². The molecule has 0 bridgehead atoms. The van der Waals surface area contributed by atoms with Gasteiger partial charge in [0.1, 0.15) is 0 Å². The Hall–Kier alpha value is -1.60. The predicted molar refractivity (Wildman–Crippen MR) is 96.9 cm³/mol. The minimum Gasteiger partial charge on any atom is -0.360 e. The van der Waals surface area contributed by atoms with Crippen molar-refractivity contribution in [1.29, 1.82) is 0 Å². The van der Waals surface area contributed by atoms with Crippen LogP contribution in [0.25, 0.3) is 0 Å². The highest BCUT2D eigenvalue weighted by Crippen LogP contribution is 2.29. The summed E-state index contributed by atoms with van der Waals surface area (Å²) in [6.45, 7) is 8.09. The first kappa shape index (κ1) is 17.7. The number of nitrogens with zero attached hydrogens (tertiary/aromatic N) is 3. The Bertz CT molecular complexity index is 618. The van der Waals surface area contributed by atoms with Crippen LogP contribution < -0.4 is 5.32 Å². The third-order valence-electron chi connectivity index (χ3n) is 3.27. The molecule has 0 saturated carbocycles. The summed E-state index contributed by atoms with van der Waals surface area (Å²) in [5, 5.41) is 11.9. The number of anilines is 1. The third kappa shape index (κ3) is 5.21. The van der Waals surface area contributed by atoms with Crippen LogP contribution in [0.1, 0.15) is 26.3 Å².